The van der Waals surface area contributed by atoms with Gasteiger partial charge in [-0.05, 0) is 0 Å². The Bertz CT molecular complexity index is 500. The highest BCUT2D eigenvalue weighted by Crippen LogP contribution is 2.38. The van der Waals surface area contributed by atoms with Gasteiger partial charge < -0.3 is 4.74 Å². The van der Waals surface area contributed by atoms with Crippen molar-refractivity contribution < 1.29 is 14.3 Å². The van der Waals surface area contributed by atoms with E-state index in [1.54, 1.807) is 6.08 Å². The van der Waals surface area contributed by atoms with Crippen LogP contribution in [-0.2, 0) is 14.3 Å². The summed E-state index contributed by atoms with van der Waals surface area (Å²) in [5.41, 5.74) is 0. The molecule has 0 saturated carbocycles. The van der Waals surface area contributed by atoms with Crippen LogP contribution in [0.5, 0.6) is 0 Å². The molecule has 0 aromatic rings. The van der Waals surface area contributed by atoms with Crippen molar-refractivity contribution >= 4 is 20.0 Å². The van der Waals surface area contributed by atoms with Gasteiger partial charge in [-0.15, -0.1) is 0 Å². The molecule has 32 heavy (non-hydrogen) atoms. The van der Waals surface area contributed by atoms with Gasteiger partial charge in [0.05, 0.1) is 8.07 Å². The minimum atomic E-state index is -2.01. The average Bonchev–Trinajstić information content (AvgIpc) is 3.13. The molecule has 1 aliphatic rings. The van der Waals surface area contributed by atoms with Gasteiger partial charge in [-0.1, -0.05) is 154 Å². The number of hydrogen-bond acceptors (Lipinski definition) is 3. The minimum Gasteiger partial charge on any atom is -0.387 e. The topological polar surface area (TPSA) is 43.4 Å². The third-order valence-corrected chi connectivity index (χ3v) is 12.7. The van der Waals surface area contributed by atoms with Crippen LogP contribution in [0.3, 0.4) is 0 Å². The summed E-state index contributed by atoms with van der Waals surface area (Å²) in [6, 6.07) is 3.49. The lowest BCUT2D eigenvalue weighted by molar-refractivity contribution is -0.150. The molecule has 1 heterocycles. The molecule has 1 rings (SSSR count). The van der Waals surface area contributed by atoms with Crippen molar-refractivity contribution in [3.05, 3.63) is 11.3 Å². The molecule has 186 valence electrons. The summed E-state index contributed by atoms with van der Waals surface area (Å²) in [6.07, 6.45) is 24.7. The van der Waals surface area contributed by atoms with Crippen molar-refractivity contribution in [2.75, 3.05) is 0 Å². The second-order valence-corrected chi connectivity index (χ2v) is 14.7. The molecule has 1 aliphatic heterocycles. The predicted octanol–water partition coefficient (Wildman–Crippen LogP) is 9.07. The maximum absolute atomic E-state index is 12.7. The number of hydrogen-bond donors (Lipinski definition) is 0. The van der Waals surface area contributed by atoms with E-state index >= 15 is 0 Å². The highest BCUT2D eigenvalue weighted by atomic mass is 28.3. The SMILES string of the molecule is CCCCCCCC[Si](CCCCCCCC)(CCCCCCCC)C1=CC(=O)OC1=O. The van der Waals surface area contributed by atoms with Crippen LogP contribution in [0.1, 0.15) is 136 Å². The molecule has 0 radical (unpaired) electrons. The van der Waals surface area contributed by atoms with Crippen molar-refractivity contribution in [1.29, 1.82) is 0 Å². The molecule has 4 heteroatoms. The number of carbonyl (C=O) groups is 2. The van der Waals surface area contributed by atoms with Crippen LogP contribution in [0.2, 0.25) is 18.1 Å². The molecule has 0 saturated heterocycles. The number of cyclic esters (lactones) is 2. The minimum absolute atomic E-state index is 0.301. The molecule has 3 nitrogen and oxygen atoms in total. The van der Waals surface area contributed by atoms with Crippen LogP contribution in [0.4, 0.5) is 0 Å². The van der Waals surface area contributed by atoms with Crippen LogP contribution >= 0.6 is 0 Å². The highest BCUT2D eigenvalue weighted by molar-refractivity contribution is 6.90. The quantitative estimate of drug-likeness (QED) is 0.0694. The normalized spacial score (nSPS) is 14.2. The van der Waals surface area contributed by atoms with Gasteiger partial charge in [-0.3, -0.25) is 0 Å². The standard InChI is InChI=1S/C28H52O3Si/c1-4-7-10-13-16-19-22-32(23-20-17-14-11-8-5-2,24-21-18-15-12-9-6-3)26-25-27(29)31-28(26)30/h25H,4-24H2,1-3H3. The Labute approximate surface area is 200 Å². The summed E-state index contributed by atoms with van der Waals surface area (Å²) in [6.45, 7) is 6.77. The highest BCUT2D eigenvalue weighted by Gasteiger charge is 2.43. The van der Waals surface area contributed by atoms with Crippen LogP contribution in [0.25, 0.3) is 0 Å². The van der Waals surface area contributed by atoms with Crippen LogP contribution < -0.4 is 0 Å². The molecule has 0 atom stereocenters. The summed E-state index contributed by atoms with van der Waals surface area (Å²) in [5.74, 6) is -0.722. The van der Waals surface area contributed by atoms with Crippen molar-refractivity contribution in [2.45, 2.75) is 154 Å². The summed E-state index contributed by atoms with van der Waals surface area (Å²) in [4.78, 5) is 24.6. The van der Waals surface area contributed by atoms with Gasteiger partial charge in [0.1, 0.15) is 0 Å². The van der Waals surface area contributed by atoms with E-state index in [0.29, 0.717) is 0 Å². The zero-order valence-corrected chi connectivity index (χ0v) is 22.7. The van der Waals surface area contributed by atoms with Gasteiger partial charge in [0.15, 0.2) is 0 Å². The second kappa shape index (κ2) is 18.5. The van der Waals surface area contributed by atoms with E-state index < -0.39 is 14.0 Å². The maximum atomic E-state index is 12.7. The molecule has 0 N–H and O–H groups in total. The van der Waals surface area contributed by atoms with Crippen molar-refractivity contribution in [2.24, 2.45) is 0 Å². The first-order valence-corrected chi connectivity index (χ1v) is 16.7. The first-order valence-electron chi connectivity index (χ1n) is 14.1. The van der Waals surface area contributed by atoms with E-state index in [1.165, 1.54) is 116 Å². The van der Waals surface area contributed by atoms with E-state index in [-0.39, 0.29) is 5.97 Å². The lowest BCUT2D eigenvalue weighted by Gasteiger charge is -2.32. The molecule has 0 aromatic carbocycles. The largest absolute Gasteiger partial charge is 0.387 e. The first kappa shape index (κ1) is 29.1. The average molecular weight is 465 g/mol. The van der Waals surface area contributed by atoms with Gasteiger partial charge >= 0.3 is 11.9 Å². The van der Waals surface area contributed by atoms with Crippen molar-refractivity contribution in [3.63, 3.8) is 0 Å². The molecular formula is C28H52O3Si. The molecular weight excluding hydrogens is 412 g/mol. The fraction of sp³-hybridized carbons (Fsp3) is 0.857. The Balaban J connectivity index is 2.79. The van der Waals surface area contributed by atoms with Crippen LogP contribution in [-0.4, -0.2) is 20.0 Å². The lowest BCUT2D eigenvalue weighted by atomic mass is 10.1. The van der Waals surface area contributed by atoms with E-state index in [1.807, 2.05) is 0 Å². The van der Waals surface area contributed by atoms with Crippen molar-refractivity contribution in [3.8, 4) is 0 Å². The van der Waals surface area contributed by atoms with E-state index in [2.05, 4.69) is 20.8 Å². The Morgan fingerprint density at radius 3 is 1.22 bits per heavy atom. The number of esters is 2. The van der Waals surface area contributed by atoms with E-state index in [9.17, 15) is 9.59 Å². The summed E-state index contributed by atoms with van der Waals surface area (Å²) in [5, 5.41) is 0.832. The monoisotopic (exact) mass is 464 g/mol. The maximum Gasteiger partial charge on any atom is 0.338 e. The van der Waals surface area contributed by atoms with Gasteiger partial charge in [0.25, 0.3) is 0 Å². The molecule has 0 fully saturated rings. The Kier molecular flexibility index (Phi) is 16.9. The molecule has 0 aliphatic carbocycles. The summed E-state index contributed by atoms with van der Waals surface area (Å²) in [7, 11) is -2.01. The molecule has 0 amide bonds. The van der Waals surface area contributed by atoms with Gasteiger partial charge in [-0.2, -0.15) is 0 Å². The lowest BCUT2D eigenvalue weighted by Crippen LogP contribution is -2.39. The smallest absolute Gasteiger partial charge is 0.338 e. The third kappa shape index (κ3) is 11.8. The Hall–Kier alpha value is -0.903. The third-order valence-electron chi connectivity index (χ3n) is 7.27. The molecule has 0 spiro atoms. The van der Waals surface area contributed by atoms with Crippen molar-refractivity contribution in [1.82, 2.24) is 0 Å². The summed E-state index contributed by atoms with van der Waals surface area (Å²) >= 11 is 0. The number of carbonyl (C=O) groups excluding carboxylic acids is 2. The number of ether oxygens (including phenoxy) is 1. The fourth-order valence-corrected chi connectivity index (χ4v) is 10.5. The first-order chi connectivity index (χ1) is 15.6. The fourth-order valence-electron chi connectivity index (χ4n) is 5.23. The molecule has 0 bridgehead atoms. The molecule has 0 unspecified atom stereocenters. The number of unbranched alkanes of at least 4 members (excludes halogenated alkanes) is 15. The predicted molar refractivity (Wildman–Crippen MR) is 139 cm³/mol. The van der Waals surface area contributed by atoms with E-state index in [4.69, 9.17) is 4.74 Å². The van der Waals surface area contributed by atoms with Gasteiger partial charge in [0.2, 0.25) is 0 Å². The Morgan fingerprint density at radius 2 is 0.906 bits per heavy atom. The van der Waals surface area contributed by atoms with Gasteiger partial charge in [-0.25, -0.2) is 9.59 Å². The van der Waals surface area contributed by atoms with E-state index in [0.717, 1.165) is 23.3 Å². The van der Waals surface area contributed by atoms with Crippen LogP contribution in [0.15, 0.2) is 11.3 Å². The number of rotatable bonds is 22. The summed E-state index contributed by atoms with van der Waals surface area (Å²) < 4.78 is 5.02. The zero-order valence-electron chi connectivity index (χ0n) is 21.7. The second-order valence-electron chi connectivity index (χ2n) is 10.1. The van der Waals surface area contributed by atoms with Crippen LogP contribution in [0, 0.1) is 0 Å². The van der Waals surface area contributed by atoms with Gasteiger partial charge in [0, 0.05) is 11.3 Å². The molecule has 0 aromatic heterocycles. The zero-order chi connectivity index (χ0) is 23.5. The Morgan fingerprint density at radius 1 is 0.562 bits per heavy atom.